The van der Waals surface area contributed by atoms with Gasteiger partial charge in [0.05, 0.1) is 26.9 Å². The van der Waals surface area contributed by atoms with Gasteiger partial charge in [-0.25, -0.2) is 9.97 Å². The summed E-state index contributed by atoms with van der Waals surface area (Å²) in [4.78, 5) is 21.0. The molecule has 2 aromatic heterocycles. The van der Waals surface area contributed by atoms with Crippen molar-refractivity contribution in [2.45, 2.75) is 19.8 Å². The number of rotatable bonds is 7. The maximum absolute atomic E-state index is 12.2. The number of benzene rings is 1. The Balaban J connectivity index is 1.53. The van der Waals surface area contributed by atoms with E-state index in [0.717, 1.165) is 23.4 Å². The number of hydrogen-bond donors (Lipinski definition) is 1. The van der Waals surface area contributed by atoms with Gasteiger partial charge in [0.1, 0.15) is 0 Å². The van der Waals surface area contributed by atoms with Gasteiger partial charge >= 0.3 is 0 Å². The Kier molecular flexibility index (Phi) is 5.83. The zero-order valence-corrected chi connectivity index (χ0v) is 15.4. The smallest absolute Gasteiger partial charge is 0.271 e. The number of nitrogens with zero attached hydrogens (tertiary/aromatic N) is 2. The molecule has 0 unspecified atom stereocenters. The number of carbonyl (C=O) groups excluding carboxylic acids is 1. The van der Waals surface area contributed by atoms with Crippen LogP contribution in [0.1, 0.15) is 28.8 Å². The number of ether oxygens (including phenoxy) is 1. The van der Waals surface area contributed by atoms with Gasteiger partial charge in [-0.15, -0.1) is 11.3 Å². The number of para-hydroxylation sites is 1. The number of hydrogen-bond acceptors (Lipinski definition) is 5. The monoisotopic (exact) mass is 375 g/mol. The van der Waals surface area contributed by atoms with Gasteiger partial charge in [0.2, 0.25) is 5.88 Å². The number of nitrogens with one attached hydrogen (secondary N) is 1. The van der Waals surface area contributed by atoms with E-state index in [0.29, 0.717) is 24.1 Å². The summed E-state index contributed by atoms with van der Waals surface area (Å²) in [6, 6.07) is 11.3. The minimum absolute atomic E-state index is 0.188. The fraction of sp³-hybridized carbons (Fsp3) is 0.278. The first-order valence-corrected chi connectivity index (χ1v) is 9.29. The lowest BCUT2D eigenvalue weighted by atomic mass is 10.3. The van der Waals surface area contributed by atoms with Crippen LogP contribution in [0.15, 0.2) is 36.4 Å². The van der Waals surface area contributed by atoms with Gasteiger partial charge < -0.3 is 10.1 Å². The number of fused-ring (bicyclic) bond motifs is 1. The van der Waals surface area contributed by atoms with Crippen LogP contribution < -0.4 is 10.1 Å². The van der Waals surface area contributed by atoms with Crippen LogP contribution in [0.4, 0.5) is 0 Å². The van der Waals surface area contributed by atoms with Gasteiger partial charge in [0.25, 0.3) is 5.91 Å². The van der Waals surface area contributed by atoms with E-state index in [1.54, 1.807) is 23.5 Å². The summed E-state index contributed by atoms with van der Waals surface area (Å²) in [5.41, 5.74) is 1.21. The van der Waals surface area contributed by atoms with Crippen LogP contribution in [0.2, 0.25) is 5.02 Å². The summed E-state index contributed by atoms with van der Waals surface area (Å²) in [7, 11) is 0. The maximum Gasteiger partial charge on any atom is 0.271 e. The molecule has 0 atom stereocenters. The number of pyridine rings is 1. The summed E-state index contributed by atoms with van der Waals surface area (Å²) in [5.74, 6) is 0.0994. The summed E-state index contributed by atoms with van der Waals surface area (Å²) >= 11 is 7.75. The number of carbonyl (C=O) groups is 1. The van der Waals surface area contributed by atoms with Gasteiger partial charge in [-0.05, 0) is 31.5 Å². The van der Waals surface area contributed by atoms with Crippen LogP contribution in [-0.2, 0) is 6.42 Å². The molecule has 0 bridgehead atoms. The first-order valence-electron chi connectivity index (χ1n) is 8.09. The van der Waals surface area contributed by atoms with Gasteiger partial charge in [0, 0.05) is 19.0 Å². The molecule has 0 aliphatic carbocycles. The highest BCUT2D eigenvalue weighted by Gasteiger charge is 2.13. The van der Waals surface area contributed by atoms with E-state index < -0.39 is 0 Å². The standard InChI is InChI=1S/C18H18ClN3O2S/c1-2-24-15-10-9-12(19)17(22-15)18(23)20-11-5-8-16-21-13-6-3-4-7-14(13)25-16/h3-4,6-7,9-10H,2,5,8,11H2,1H3,(H,20,23). The van der Waals surface area contributed by atoms with E-state index in [-0.39, 0.29) is 11.6 Å². The molecule has 5 nitrogen and oxygen atoms in total. The molecule has 1 amide bonds. The Morgan fingerprint density at radius 3 is 2.88 bits per heavy atom. The van der Waals surface area contributed by atoms with Crippen molar-refractivity contribution in [3.63, 3.8) is 0 Å². The zero-order valence-electron chi connectivity index (χ0n) is 13.8. The van der Waals surface area contributed by atoms with Crippen LogP contribution in [-0.4, -0.2) is 29.0 Å². The van der Waals surface area contributed by atoms with Crippen LogP contribution in [0.25, 0.3) is 10.2 Å². The highest BCUT2D eigenvalue weighted by Crippen LogP contribution is 2.22. The van der Waals surface area contributed by atoms with E-state index >= 15 is 0 Å². The Morgan fingerprint density at radius 1 is 1.24 bits per heavy atom. The topological polar surface area (TPSA) is 64.1 Å². The third-order valence-electron chi connectivity index (χ3n) is 3.52. The molecule has 3 aromatic rings. The second kappa shape index (κ2) is 8.27. The number of amides is 1. The van der Waals surface area contributed by atoms with Crippen molar-refractivity contribution < 1.29 is 9.53 Å². The summed E-state index contributed by atoms with van der Waals surface area (Å²) in [6.07, 6.45) is 1.62. The molecule has 1 N–H and O–H groups in total. The minimum Gasteiger partial charge on any atom is -0.478 e. The molecule has 0 spiro atoms. The largest absolute Gasteiger partial charge is 0.478 e. The fourth-order valence-corrected chi connectivity index (χ4v) is 3.56. The molecule has 0 fully saturated rings. The molecule has 25 heavy (non-hydrogen) atoms. The van der Waals surface area contributed by atoms with Crippen molar-refractivity contribution in [2.75, 3.05) is 13.2 Å². The van der Waals surface area contributed by atoms with Crippen molar-refractivity contribution in [3.05, 3.63) is 52.1 Å². The molecular formula is C18H18ClN3O2S. The summed E-state index contributed by atoms with van der Waals surface area (Å²) in [6.45, 7) is 2.88. The summed E-state index contributed by atoms with van der Waals surface area (Å²) < 4.78 is 6.49. The van der Waals surface area contributed by atoms with E-state index in [1.807, 2.05) is 25.1 Å². The lowest BCUT2D eigenvalue weighted by molar-refractivity contribution is 0.0947. The van der Waals surface area contributed by atoms with E-state index in [9.17, 15) is 4.79 Å². The van der Waals surface area contributed by atoms with Crippen molar-refractivity contribution in [3.8, 4) is 5.88 Å². The van der Waals surface area contributed by atoms with Crippen LogP contribution in [0.5, 0.6) is 5.88 Å². The Labute approximate surface area is 155 Å². The first-order chi connectivity index (χ1) is 12.2. The van der Waals surface area contributed by atoms with Gasteiger partial charge in [-0.3, -0.25) is 4.79 Å². The first kappa shape index (κ1) is 17.6. The highest BCUT2D eigenvalue weighted by atomic mass is 35.5. The lowest BCUT2D eigenvalue weighted by Gasteiger charge is -2.08. The lowest BCUT2D eigenvalue weighted by Crippen LogP contribution is -2.26. The number of halogens is 1. The number of aryl methyl sites for hydroxylation is 1. The van der Waals surface area contributed by atoms with Crippen molar-refractivity contribution in [1.29, 1.82) is 0 Å². The molecule has 0 radical (unpaired) electrons. The molecule has 130 valence electrons. The second-order valence-corrected chi connectivity index (χ2v) is 6.87. The predicted molar refractivity (Wildman–Crippen MR) is 101 cm³/mol. The zero-order chi connectivity index (χ0) is 17.6. The molecule has 0 saturated carbocycles. The summed E-state index contributed by atoms with van der Waals surface area (Å²) in [5, 5.41) is 4.23. The molecule has 7 heteroatoms. The van der Waals surface area contributed by atoms with Crippen molar-refractivity contribution >= 4 is 39.1 Å². The fourth-order valence-electron chi connectivity index (χ4n) is 2.36. The van der Waals surface area contributed by atoms with Gasteiger partial charge in [-0.2, -0.15) is 0 Å². The third kappa shape index (κ3) is 4.46. The Hall–Kier alpha value is -2.18. The molecule has 3 rings (SSSR count). The molecular weight excluding hydrogens is 358 g/mol. The molecule has 0 aliphatic rings. The number of thiazole rings is 1. The SMILES string of the molecule is CCOc1ccc(Cl)c(C(=O)NCCCc2nc3ccccc3s2)n1. The van der Waals surface area contributed by atoms with E-state index in [2.05, 4.69) is 21.4 Å². The van der Waals surface area contributed by atoms with Gasteiger partial charge in [-0.1, -0.05) is 23.7 Å². The van der Waals surface area contributed by atoms with Crippen molar-refractivity contribution in [1.82, 2.24) is 15.3 Å². The minimum atomic E-state index is -0.296. The number of aromatic nitrogens is 2. The molecule has 2 heterocycles. The molecule has 0 saturated heterocycles. The average Bonchev–Trinajstić information content (AvgIpc) is 3.03. The second-order valence-electron chi connectivity index (χ2n) is 5.35. The third-order valence-corrected chi connectivity index (χ3v) is 4.92. The average molecular weight is 376 g/mol. The maximum atomic E-state index is 12.2. The molecule has 1 aromatic carbocycles. The Bertz CT molecular complexity index is 849. The van der Waals surface area contributed by atoms with Crippen LogP contribution in [0, 0.1) is 0 Å². The van der Waals surface area contributed by atoms with Crippen molar-refractivity contribution in [2.24, 2.45) is 0 Å². The van der Waals surface area contributed by atoms with Crippen LogP contribution in [0.3, 0.4) is 0 Å². The highest BCUT2D eigenvalue weighted by molar-refractivity contribution is 7.18. The van der Waals surface area contributed by atoms with Crippen LogP contribution >= 0.6 is 22.9 Å². The predicted octanol–water partition coefficient (Wildman–Crippen LogP) is 4.11. The Morgan fingerprint density at radius 2 is 2.08 bits per heavy atom. The quantitative estimate of drug-likeness (QED) is 0.631. The van der Waals surface area contributed by atoms with E-state index in [4.69, 9.17) is 16.3 Å². The normalized spacial score (nSPS) is 10.8. The van der Waals surface area contributed by atoms with Gasteiger partial charge in [0.15, 0.2) is 5.69 Å². The molecule has 0 aliphatic heterocycles. The van der Waals surface area contributed by atoms with E-state index in [1.165, 1.54) is 4.70 Å².